The van der Waals surface area contributed by atoms with Crippen molar-refractivity contribution in [3.8, 4) is 0 Å². The van der Waals surface area contributed by atoms with E-state index in [0.29, 0.717) is 0 Å². The Hall–Kier alpha value is 0.336. The van der Waals surface area contributed by atoms with Gasteiger partial charge in [-0.3, -0.25) is 0 Å². The smallest absolute Gasteiger partial charge is 1.00 e. The van der Waals surface area contributed by atoms with Gasteiger partial charge in [0.15, 0.2) is 0 Å². The Kier molecular flexibility index (Phi) is 8.42. The summed E-state index contributed by atoms with van der Waals surface area (Å²) >= 11 is 0. The van der Waals surface area contributed by atoms with Crippen LogP contribution in [0.3, 0.4) is 0 Å². The van der Waals surface area contributed by atoms with Crippen LogP contribution in [0.5, 0.6) is 0 Å². The van der Waals surface area contributed by atoms with Crippen LogP contribution >= 0.6 is 0 Å². The fourth-order valence-electron chi connectivity index (χ4n) is 1.13. The molecule has 0 nitrogen and oxygen atoms in total. The predicted molar refractivity (Wildman–Crippen MR) is 50.6 cm³/mol. The topological polar surface area (TPSA) is 0 Å². The van der Waals surface area contributed by atoms with Gasteiger partial charge in [-0.2, -0.15) is 23.1 Å². The van der Waals surface area contributed by atoms with E-state index in [4.69, 9.17) is 0 Å². The summed E-state index contributed by atoms with van der Waals surface area (Å²) in [7, 11) is 0. The molecule has 1 aromatic rings. The molecular weight excluding hydrogens is 224 g/mol. The Balaban J connectivity index is 0. The van der Waals surface area contributed by atoms with Gasteiger partial charge in [0, 0.05) is 0 Å². The van der Waals surface area contributed by atoms with Gasteiger partial charge in [0.25, 0.3) is 0 Å². The molecule has 0 fully saturated rings. The van der Waals surface area contributed by atoms with E-state index in [0.717, 1.165) is 0 Å². The minimum absolute atomic E-state index is 0. The van der Waals surface area contributed by atoms with Crippen LogP contribution in [0.2, 0.25) is 0 Å². The van der Waals surface area contributed by atoms with Crippen molar-refractivity contribution in [1.82, 2.24) is 0 Å². The standard InChI is InChI=1S/C10H13.BrH.Mg/c1-8(2)10-7-5-4-6-9(10)3;;/h4-7H,1-3H3;1H;/q-1;;+2/p-1. The zero-order chi connectivity index (χ0) is 7.56. The number of hydrogen-bond acceptors (Lipinski definition) is 0. The molecule has 0 aliphatic rings. The monoisotopic (exact) mass is 236 g/mol. The molecule has 0 unspecified atom stereocenters. The molecule has 0 amide bonds. The van der Waals surface area contributed by atoms with Crippen molar-refractivity contribution in [3.05, 3.63) is 41.3 Å². The van der Waals surface area contributed by atoms with Crippen molar-refractivity contribution in [1.29, 1.82) is 0 Å². The summed E-state index contributed by atoms with van der Waals surface area (Å²) in [5.41, 5.74) is 2.74. The first kappa shape index (κ1) is 14.8. The van der Waals surface area contributed by atoms with E-state index in [2.05, 4.69) is 45.0 Å². The van der Waals surface area contributed by atoms with Crippen molar-refractivity contribution in [2.75, 3.05) is 0 Å². The Morgan fingerprint density at radius 3 is 1.92 bits per heavy atom. The van der Waals surface area contributed by atoms with Gasteiger partial charge < -0.3 is 17.0 Å². The maximum atomic E-state index is 2.16. The molecule has 2 heteroatoms. The third-order valence-electron chi connectivity index (χ3n) is 1.68. The van der Waals surface area contributed by atoms with Crippen molar-refractivity contribution in [2.45, 2.75) is 20.8 Å². The van der Waals surface area contributed by atoms with Crippen LogP contribution in [0.4, 0.5) is 0 Å². The molecule has 12 heavy (non-hydrogen) atoms. The largest absolute Gasteiger partial charge is 2.00 e. The van der Waals surface area contributed by atoms with Crippen molar-refractivity contribution in [2.24, 2.45) is 0 Å². The van der Waals surface area contributed by atoms with Crippen molar-refractivity contribution in [3.63, 3.8) is 0 Å². The fraction of sp³-hybridized carbons (Fsp3) is 0.300. The third kappa shape index (κ3) is 3.83. The molecule has 0 bridgehead atoms. The Labute approximate surface area is 102 Å². The van der Waals surface area contributed by atoms with Crippen molar-refractivity contribution >= 4 is 23.1 Å². The number of halogens is 1. The number of aryl methyl sites for hydroxylation is 1. The normalized spacial score (nSPS) is 7.92. The number of rotatable bonds is 1. The van der Waals surface area contributed by atoms with E-state index >= 15 is 0 Å². The first-order chi connectivity index (χ1) is 4.72. The fourth-order valence-corrected chi connectivity index (χ4v) is 1.13. The van der Waals surface area contributed by atoms with Gasteiger partial charge in [0.05, 0.1) is 0 Å². The van der Waals surface area contributed by atoms with E-state index in [1.807, 2.05) is 0 Å². The summed E-state index contributed by atoms with van der Waals surface area (Å²) in [4.78, 5) is 0. The maximum absolute atomic E-state index is 2.16. The molecule has 1 aromatic carbocycles. The summed E-state index contributed by atoms with van der Waals surface area (Å²) < 4.78 is 0. The second kappa shape index (κ2) is 6.81. The first-order valence-corrected chi connectivity index (χ1v) is 3.58. The molecule has 0 atom stereocenters. The summed E-state index contributed by atoms with van der Waals surface area (Å²) in [6.07, 6.45) is 0. The predicted octanol–water partition coefficient (Wildman–Crippen LogP) is -0.419. The van der Waals surface area contributed by atoms with Crippen LogP contribution in [-0.4, -0.2) is 23.1 Å². The average molecular weight is 237 g/mol. The first-order valence-electron chi connectivity index (χ1n) is 3.58. The molecule has 0 N–H and O–H groups in total. The van der Waals surface area contributed by atoms with Crippen molar-refractivity contribution < 1.29 is 17.0 Å². The minimum Gasteiger partial charge on any atom is -1.00 e. The second-order valence-electron chi connectivity index (χ2n) is 2.81. The molecule has 0 aliphatic heterocycles. The van der Waals surface area contributed by atoms with E-state index in [-0.39, 0.29) is 40.0 Å². The number of hydrogen-bond donors (Lipinski definition) is 0. The van der Waals surface area contributed by atoms with Crippen LogP contribution in [0.1, 0.15) is 25.0 Å². The minimum atomic E-state index is 0. The van der Waals surface area contributed by atoms with Crippen LogP contribution in [0, 0.1) is 12.8 Å². The van der Waals surface area contributed by atoms with Gasteiger partial charge in [-0.25, -0.2) is 0 Å². The molecule has 0 saturated heterocycles. The van der Waals surface area contributed by atoms with E-state index < -0.39 is 0 Å². The zero-order valence-corrected chi connectivity index (χ0v) is 10.9. The van der Waals surface area contributed by atoms with E-state index in [1.165, 1.54) is 17.0 Å². The Morgan fingerprint density at radius 2 is 1.58 bits per heavy atom. The van der Waals surface area contributed by atoms with E-state index in [1.54, 1.807) is 0 Å². The van der Waals surface area contributed by atoms with Gasteiger partial charge in [-0.15, -0.1) is 12.1 Å². The molecule has 1 rings (SSSR count). The average Bonchev–Trinajstić information content (AvgIpc) is 1.88. The van der Waals surface area contributed by atoms with Crippen LogP contribution in [0.25, 0.3) is 0 Å². The zero-order valence-electron chi connectivity index (χ0n) is 7.89. The van der Waals surface area contributed by atoms with Gasteiger partial charge in [0.2, 0.25) is 0 Å². The molecule has 0 aliphatic carbocycles. The summed E-state index contributed by atoms with van der Waals surface area (Å²) in [5.74, 6) is 1.39. The summed E-state index contributed by atoms with van der Waals surface area (Å²) in [6, 6.07) is 8.45. The molecule has 0 aromatic heterocycles. The molecule has 0 saturated carbocycles. The second-order valence-corrected chi connectivity index (χ2v) is 2.81. The SMILES string of the molecule is Cc1ccccc1[C-](C)C.[Br-].[Mg+2]. The molecule has 0 radical (unpaired) electrons. The molecule has 0 spiro atoms. The maximum Gasteiger partial charge on any atom is 2.00 e. The molecule has 0 heterocycles. The van der Waals surface area contributed by atoms with E-state index in [9.17, 15) is 0 Å². The third-order valence-corrected chi connectivity index (χ3v) is 1.68. The van der Waals surface area contributed by atoms with Gasteiger partial charge in [-0.05, 0) is 0 Å². The molecule has 62 valence electrons. The molecular formula is C10H13BrMg. The van der Waals surface area contributed by atoms with Crippen LogP contribution in [0.15, 0.2) is 24.3 Å². The Bertz CT molecular complexity index is 221. The number of benzene rings is 1. The summed E-state index contributed by atoms with van der Waals surface area (Å²) in [6.45, 7) is 6.42. The van der Waals surface area contributed by atoms with Gasteiger partial charge >= 0.3 is 23.1 Å². The quantitative estimate of drug-likeness (QED) is 0.460. The van der Waals surface area contributed by atoms with Gasteiger partial charge in [-0.1, -0.05) is 26.8 Å². The Morgan fingerprint density at radius 1 is 1.08 bits per heavy atom. The summed E-state index contributed by atoms with van der Waals surface area (Å²) in [5, 5.41) is 0. The van der Waals surface area contributed by atoms with Crippen LogP contribution in [-0.2, 0) is 0 Å². The van der Waals surface area contributed by atoms with Gasteiger partial charge in [0.1, 0.15) is 0 Å². The van der Waals surface area contributed by atoms with Crippen LogP contribution < -0.4 is 17.0 Å².